The molecule has 2 aromatic rings. The first-order chi connectivity index (χ1) is 10.9. The van der Waals surface area contributed by atoms with E-state index in [2.05, 4.69) is 34.6 Å². The Balaban J connectivity index is 1.66. The molecule has 1 amide bonds. The van der Waals surface area contributed by atoms with Gasteiger partial charge in [0.05, 0.1) is 12.2 Å². The number of aryl methyl sites for hydroxylation is 1. The van der Waals surface area contributed by atoms with Gasteiger partial charge in [-0.1, -0.05) is 30.3 Å². The molecule has 4 nitrogen and oxygen atoms in total. The number of thiazole rings is 1. The topological polar surface area (TPSA) is 62.2 Å². The maximum Gasteiger partial charge on any atom is 0.251 e. The van der Waals surface area contributed by atoms with Crippen molar-refractivity contribution in [3.05, 3.63) is 51.5 Å². The van der Waals surface area contributed by atoms with Crippen LogP contribution in [0.25, 0.3) is 0 Å². The fourth-order valence-corrected chi connectivity index (χ4v) is 4.02. The Bertz CT molecular complexity index is 689. The predicted octanol–water partition coefficient (Wildman–Crippen LogP) is 2.80. The molecule has 1 atom stereocenters. The summed E-state index contributed by atoms with van der Waals surface area (Å²) in [5, 5.41) is 13.3. The van der Waals surface area contributed by atoms with Gasteiger partial charge in [0.25, 0.3) is 5.91 Å². The van der Waals surface area contributed by atoms with Crippen molar-refractivity contribution in [2.45, 2.75) is 51.2 Å². The van der Waals surface area contributed by atoms with E-state index in [1.54, 1.807) is 11.3 Å². The number of fused-ring (bicyclic) bond motifs is 1. The first kappa shape index (κ1) is 16.1. The molecular formula is C18H22N2O2S. The Morgan fingerprint density at radius 2 is 2.13 bits per heavy atom. The van der Waals surface area contributed by atoms with Gasteiger partial charge in [-0.25, -0.2) is 4.98 Å². The van der Waals surface area contributed by atoms with Crippen LogP contribution in [0.2, 0.25) is 0 Å². The zero-order valence-electron chi connectivity index (χ0n) is 13.5. The molecule has 5 heteroatoms. The zero-order valence-corrected chi connectivity index (χ0v) is 14.3. The van der Waals surface area contributed by atoms with E-state index in [-0.39, 0.29) is 5.91 Å². The van der Waals surface area contributed by atoms with Crippen LogP contribution in [-0.2, 0) is 24.2 Å². The number of nitrogens with one attached hydrogen (secondary N) is 1. The van der Waals surface area contributed by atoms with E-state index in [9.17, 15) is 9.90 Å². The van der Waals surface area contributed by atoms with Gasteiger partial charge in [-0.3, -0.25) is 4.79 Å². The summed E-state index contributed by atoms with van der Waals surface area (Å²) >= 11 is 1.68. The minimum atomic E-state index is -1.35. The third-order valence-corrected chi connectivity index (χ3v) is 5.33. The molecular weight excluding hydrogens is 308 g/mol. The highest BCUT2D eigenvalue weighted by atomic mass is 32.1. The third kappa shape index (κ3) is 3.79. The lowest BCUT2D eigenvalue weighted by atomic mass is 9.85. The third-order valence-electron chi connectivity index (χ3n) is 4.21. The van der Waals surface area contributed by atoms with Crippen LogP contribution in [-0.4, -0.2) is 21.6 Å². The Hall–Kier alpha value is -1.72. The number of benzene rings is 1. The first-order valence-corrected chi connectivity index (χ1v) is 8.78. The molecule has 122 valence electrons. The Morgan fingerprint density at radius 3 is 2.83 bits per heavy atom. The number of carbonyl (C=O) groups is 1. The molecule has 23 heavy (non-hydrogen) atoms. The minimum Gasteiger partial charge on any atom is -0.381 e. The number of carbonyl (C=O) groups excluding carboxylic acids is 1. The van der Waals surface area contributed by atoms with Crippen LogP contribution in [0, 0.1) is 0 Å². The average Bonchev–Trinajstić information content (AvgIpc) is 2.94. The predicted molar refractivity (Wildman–Crippen MR) is 91.5 cm³/mol. The van der Waals surface area contributed by atoms with Crippen LogP contribution in [0.1, 0.15) is 47.3 Å². The van der Waals surface area contributed by atoms with E-state index in [1.807, 2.05) is 6.07 Å². The number of aliphatic hydroxyl groups is 1. The summed E-state index contributed by atoms with van der Waals surface area (Å²) in [5.41, 5.74) is 1.22. The fraction of sp³-hybridized carbons (Fsp3) is 0.444. The van der Waals surface area contributed by atoms with Crippen molar-refractivity contribution in [3.63, 3.8) is 0 Å². The maximum atomic E-state index is 11.7. The van der Waals surface area contributed by atoms with Crippen molar-refractivity contribution in [3.8, 4) is 0 Å². The van der Waals surface area contributed by atoms with Crippen LogP contribution < -0.4 is 5.32 Å². The highest BCUT2D eigenvalue weighted by Gasteiger charge is 2.25. The van der Waals surface area contributed by atoms with Gasteiger partial charge in [-0.15, -0.1) is 11.3 Å². The van der Waals surface area contributed by atoms with E-state index in [1.165, 1.54) is 30.0 Å². The van der Waals surface area contributed by atoms with Gasteiger partial charge in [0.2, 0.25) is 0 Å². The van der Waals surface area contributed by atoms with Crippen LogP contribution >= 0.6 is 11.3 Å². The second-order valence-electron chi connectivity index (χ2n) is 6.57. The summed E-state index contributed by atoms with van der Waals surface area (Å²) in [6.45, 7) is 3.36. The molecule has 1 aliphatic carbocycles. The van der Waals surface area contributed by atoms with Gasteiger partial charge >= 0.3 is 0 Å². The maximum absolute atomic E-state index is 11.7. The number of hydrogen-bond acceptors (Lipinski definition) is 4. The second kappa shape index (κ2) is 6.42. The standard InChI is InChI=1S/C18H22N2O2S/c1-18(2,22)17(21)19-11-16-20-14-9-8-13(10-15(14)23-16)12-6-4-3-5-7-12/h3-7,13,22H,8-11H2,1-2H3,(H,19,21). The van der Waals surface area contributed by atoms with Gasteiger partial charge in [-0.05, 0) is 44.6 Å². The number of hydrogen-bond donors (Lipinski definition) is 2. The van der Waals surface area contributed by atoms with Crippen molar-refractivity contribution in [1.29, 1.82) is 0 Å². The van der Waals surface area contributed by atoms with Gasteiger partial charge in [0.1, 0.15) is 10.6 Å². The summed E-state index contributed by atoms with van der Waals surface area (Å²) in [6.07, 6.45) is 3.14. The van der Waals surface area contributed by atoms with E-state index in [4.69, 9.17) is 0 Å². The largest absolute Gasteiger partial charge is 0.381 e. The van der Waals surface area contributed by atoms with Crippen molar-refractivity contribution >= 4 is 17.2 Å². The Labute approximate surface area is 140 Å². The number of amides is 1. The number of nitrogens with zero attached hydrogens (tertiary/aromatic N) is 1. The molecule has 0 aliphatic heterocycles. The van der Waals surface area contributed by atoms with E-state index < -0.39 is 5.60 Å². The summed E-state index contributed by atoms with van der Waals surface area (Å²) < 4.78 is 0. The minimum absolute atomic E-state index is 0.368. The number of rotatable bonds is 4. The molecule has 2 N–H and O–H groups in total. The highest BCUT2D eigenvalue weighted by Crippen LogP contribution is 2.35. The lowest BCUT2D eigenvalue weighted by molar-refractivity contribution is -0.136. The molecule has 0 fully saturated rings. The van der Waals surface area contributed by atoms with Crippen LogP contribution in [0.3, 0.4) is 0 Å². The van der Waals surface area contributed by atoms with Crippen molar-refractivity contribution in [2.75, 3.05) is 0 Å². The number of aromatic nitrogens is 1. The quantitative estimate of drug-likeness (QED) is 0.906. The SMILES string of the molecule is CC(C)(O)C(=O)NCc1nc2c(s1)CC(c1ccccc1)CC2. The van der Waals surface area contributed by atoms with Crippen molar-refractivity contribution < 1.29 is 9.90 Å². The molecule has 1 heterocycles. The molecule has 0 spiro atoms. The van der Waals surface area contributed by atoms with E-state index in [0.717, 1.165) is 24.3 Å². The van der Waals surface area contributed by atoms with Crippen LogP contribution in [0.5, 0.6) is 0 Å². The average molecular weight is 330 g/mol. The normalized spacial score (nSPS) is 17.6. The molecule has 1 aromatic carbocycles. The van der Waals surface area contributed by atoms with Gasteiger partial charge in [0.15, 0.2) is 0 Å². The van der Waals surface area contributed by atoms with Gasteiger partial charge < -0.3 is 10.4 Å². The van der Waals surface area contributed by atoms with Crippen molar-refractivity contribution in [2.24, 2.45) is 0 Å². The highest BCUT2D eigenvalue weighted by molar-refractivity contribution is 7.11. The fourth-order valence-electron chi connectivity index (χ4n) is 2.89. The van der Waals surface area contributed by atoms with Crippen LogP contribution in [0.4, 0.5) is 0 Å². The van der Waals surface area contributed by atoms with Gasteiger partial charge in [0, 0.05) is 4.88 Å². The van der Waals surface area contributed by atoms with Crippen molar-refractivity contribution in [1.82, 2.24) is 10.3 Å². The lowest BCUT2D eigenvalue weighted by Crippen LogP contribution is -2.41. The molecule has 0 saturated carbocycles. The van der Waals surface area contributed by atoms with E-state index in [0.29, 0.717) is 12.5 Å². The molecule has 0 bridgehead atoms. The first-order valence-electron chi connectivity index (χ1n) is 7.96. The lowest BCUT2D eigenvalue weighted by Gasteiger charge is -2.21. The summed E-state index contributed by atoms with van der Waals surface area (Å²) in [5.74, 6) is 0.191. The second-order valence-corrected chi connectivity index (χ2v) is 7.74. The smallest absolute Gasteiger partial charge is 0.251 e. The Kier molecular flexibility index (Phi) is 4.50. The van der Waals surface area contributed by atoms with Crippen LogP contribution in [0.15, 0.2) is 30.3 Å². The molecule has 0 radical (unpaired) electrons. The molecule has 0 saturated heterocycles. The van der Waals surface area contributed by atoms with E-state index >= 15 is 0 Å². The molecule has 1 aromatic heterocycles. The molecule has 1 unspecified atom stereocenters. The summed E-state index contributed by atoms with van der Waals surface area (Å²) in [6, 6.07) is 10.6. The van der Waals surface area contributed by atoms with Gasteiger partial charge in [-0.2, -0.15) is 0 Å². The molecule has 1 aliphatic rings. The summed E-state index contributed by atoms with van der Waals surface area (Å²) in [7, 11) is 0. The summed E-state index contributed by atoms with van der Waals surface area (Å²) in [4.78, 5) is 17.7. The molecule has 3 rings (SSSR count). The zero-order chi connectivity index (χ0) is 16.4. The monoisotopic (exact) mass is 330 g/mol. The Morgan fingerprint density at radius 1 is 1.39 bits per heavy atom.